The summed E-state index contributed by atoms with van der Waals surface area (Å²) < 4.78 is 5.48. The zero-order chi connectivity index (χ0) is 47.9. The third kappa shape index (κ3) is 4.97. The summed E-state index contributed by atoms with van der Waals surface area (Å²) in [5, 5.41) is 5.54. The Balaban J connectivity index is 1.20. The van der Waals surface area contributed by atoms with Crippen molar-refractivity contribution in [3.63, 3.8) is 0 Å². The summed E-state index contributed by atoms with van der Waals surface area (Å²) in [5.74, 6) is 0. The molecular weight excluding hydrogens is 864 g/mol. The predicted octanol–water partition coefficient (Wildman–Crippen LogP) is 16.6. The molecule has 3 aliphatic carbocycles. The van der Waals surface area contributed by atoms with Gasteiger partial charge >= 0.3 is 6.85 Å². The monoisotopic (exact) mass is 922 g/mol. The van der Waals surface area contributed by atoms with Crippen molar-refractivity contribution in [2.75, 3.05) is 4.81 Å². The van der Waals surface area contributed by atoms with Gasteiger partial charge in [-0.2, -0.15) is 0 Å². The van der Waals surface area contributed by atoms with Gasteiger partial charge in [0.1, 0.15) is 0 Å². The fourth-order valence-electron chi connectivity index (χ4n) is 14.7. The van der Waals surface area contributed by atoms with E-state index in [0.717, 1.165) is 0 Å². The molecule has 70 heavy (non-hydrogen) atoms. The van der Waals surface area contributed by atoms with Gasteiger partial charge in [0.15, 0.2) is 0 Å². The quantitative estimate of drug-likeness (QED) is 0.149. The molecule has 0 spiro atoms. The van der Waals surface area contributed by atoms with Gasteiger partial charge in [-0.25, -0.2) is 0 Å². The molecule has 4 heteroatoms. The molecule has 0 amide bonds. The Morgan fingerprint density at radius 2 is 1.17 bits per heavy atom. The normalized spacial score (nSPS) is 17.9. The van der Waals surface area contributed by atoms with Crippen molar-refractivity contribution >= 4 is 82.5 Å². The lowest BCUT2D eigenvalue weighted by molar-refractivity contribution is 0.332. The number of hydrogen-bond acceptors (Lipinski definition) is 2. The molecule has 2 aromatic heterocycles. The smallest absolute Gasteiger partial charge is 0.333 e. The van der Waals surface area contributed by atoms with Crippen LogP contribution in [-0.4, -0.2) is 11.4 Å². The standard InChI is InChI=1S/C66H59BN2S/c1-62(2,3)36-24-26-37(27-25-36)69-52-32-41-38-18-12-15-21-45(38)65(8,9)47(41)30-44(52)57-56-40-20-13-16-22-46(40)66(10,11)59(56)58-43-31-48-49(64(6,7)29-28-63(48,4)5)34-51(43)68-53-33-42-39-19-14-17-23-54(39)70-55(42)35-50(53)67(69)60(57)61(58)68/h12-27,30-35H,28-29H2,1-11H3. The van der Waals surface area contributed by atoms with Crippen LogP contribution in [0.2, 0.25) is 0 Å². The van der Waals surface area contributed by atoms with E-state index in [0.29, 0.717) is 0 Å². The lowest BCUT2D eigenvalue weighted by atomic mass is 9.43. The summed E-state index contributed by atoms with van der Waals surface area (Å²) in [7, 11) is 0. The summed E-state index contributed by atoms with van der Waals surface area (Å²) in [4.78, 5) is 2.78. The van der Waals surface area contributed by atoms with Gasteiger partial charge in [0.25, 0.3) is 0 Å². The number of aromatic nitrogens is 1. The number of fused-ring (bicyclic) bond motifs is 20. The topological polar surface area (TPSA) is 8.17 Å². The molecule has 10 aromatic rings. The van der Waals surface area contributed by atoms with Crippen LogP contribution in [0.25, 0.3) is 81.0 Å². The molecule has 2 nitrogen and oxygen atoms in total. The second kappa shape index (κ2) is 12.9. The summed E-state index contributed by atoms with van der Waals surface area (Å²) >= 11 is 1.95. The van der Waals surface area contributed by atoms with Gasteiger partial charge < -0.3 is 9.38 Å². The molecule has 8 aromatic carbocycles. The Kier molecular flexibility index (Phi) is 7.66. The van der Waals surface area contributed by atoms with Crippen LogP contribution in [0.1, 0.15) is 128 Å². The van der Waals surface area contributed by atoms with Crippen LogP contribution >= 0.6 is 11.3 Å². The fraction of sp³-hybridized carbons (Fsp3) is 0.273. The molecule has 0 saturated heterocycles. The number of anilines is 2. The maximum absolute atomic E-state index is 2.79. The Labute approximate surface area is 417 Å². The maximum atomic E-state index is 2.79. The van der Waals surface area contributed by atoms with Gasteiger partial charge in [0.2, 0.25) is 0 Å². The van der Waals surface area contributed by atoms with E-state index in [1.165, 1.54) is 155 Å². The van der Waals surface area contributed by atoms with E-state index in [2.05, 4.69) is 219 Å². The van der Waals surface area contributed by atoms with Gasteiger partial charge in [-0.15, -0.1) is 11.3 Å². The maximum Gasteiger partial charge on any atom is 0.333 e. The molecule has 0 saturated carbocycles. The third-order valence-corrected chi connectivity index (χ3v) is 19.7. The number of thiophene rings is 1. The molecule has 2 aliphatic heterocycles. The van der Waals surface area contributed by atoms with Crippen molar-refractivity contribution in [1.82, 2.24) is 4.57 Å². The number of nitrogens with zero attached hydrogens (tertiary/aromatic N) is 2. The lowest BCUT2D eigenvalue weighted by Crippen LogP contribution is -2.60. The molecule has 0 radical (unpaired) electrons. The molecule has 15 rings (SSSR count). The molecule has 0 unspecified atom stereocenters. The van der Waals surface area contributed by atoms with Gasteiger partial charge in [0.05, 0.1) is 11.0 Å². The van der Waals surface area contributed by atoms with Crippen molar-refractivity contribution in [3.05, 3.63) is 172 Å². The van der Waals surface area contributed by atoms with Crippen molar-refractivity contribution in [2.24, 2.45) is 0 Å². The van der Waals surface area contributed by atoms with Crippen molar-refractivity contribution in [1.29, 1.82) is 0 Å². The van der Waals surface area contributed by atoms with Crippen LogP contribution in [0.5, 0.6) is 0 Å². The van der Waals surface area contributed by atoms with E-state index in [4.69, 9.17) is 0 Å². The predicted molar refractivity (Wildman–Crippen MR) is 302 cm³/mol. The largest absolute Gasteiger partial charge is 0.376 e. The van der Waals surface area contributed by atoms with Gasteiger partial charge in [-0.05, 0) is 161 Å². The first-order chi connectivity index (χ1) is 33.4. The first kappa shape index (κ1) is 41.4. The van der Waals surface area contributed by atoms with Gasteiger partial charge in [0, 0.05) is 64.4 Å². The molecular formula is C66H59BN2S. The van der Waals surface area contributed by atoms with Crippen LogP contribution in [0, 0.1) is 0 Å². The summed E-state index contributed by atoms with van der Waals surface area (Å²) in [6.45, 7) is 26.8. The van der Waals surface area contributed by atoms with Crippen LogP contribution in [0.15, 0.2) is 133 Å². The number of rotatable bonds is 1. The molecule has 4 heterocycles. The van der Waals surface area contributed by atoms with Gasteiger partial charge in [-0.3, -0.25) is 0 Å². The Morgan fingerprint density at radius 1 is 0.514 bits per heavy atom. The summed E-state index contributed by atoms with van der Waals surface area (Å²) in [6, 6.07) is 53.2. The zero-order valence-corrected chi connectivity index (χ0v) is 43.3. The Hall–Kier alpha value is -6.36. The fourth-order valence-corrected chi connectivity index (χ4v) is 15.9. The van der Waals surface area contributed by atoms with Gasteiger partial charge in [-0.1, -0.05) is 155 Å². The Morgan fingerprint density at radius 3 is 1.90 bits per heavy atom. The minimum atomic E-state index is -0.250. The van der Waals surface area contributed by atoms with Crippen LogP contribution in [0.4, 0.5) is 11.4 Å². The third-order valence-electron chi connectivity index (χ3n) is 18.5. The van der Waals surface area contributed by atoms with Crippen LogP contribution in [-0.2, 0) is 27.1 Å². The van der Waals surface area contributed by atoms with Crippen LogP contribution < -0.4 is 15.7 Å². The van der Waals surface area contributed by atoms with Crippen molar-refractivity contribution < 1.29 is 0 Å². The molecule has 0 fully saturated rings. The highest BCUT2D eigenvalue weighted by Crippen LogP contribution is 2.62. The number of benzene rings is 8. The summed E-state index contributed by atoms with van der Waals surface area (Å²) in [6.07, 6.45) is 2.36. The van der Waals surface area contributed by atoms with Crippen molar-refractivity contribution in [2.45, 2.75) is 116 Å². The second-order valence-electron chi connectivity index (χ2n) is 25.1. The van der Waals surface area contributed by atoms with Crippen molar-refractivity contribution in [3.8, 4) is 39.1 Å². The minimum Gasteiger partial charge on any atom is -0.376 e. The van der Waals surface area contributed by atoms with Crippen LogP contribution in [0.3, 0.4) is 0 Å². The molecule has 0 bridgehead atoms. The lowest BCUT2D eigenvalue weighted by Gasteiger charge is -2.44. The van der Waals surface area contributed by atoms with E-state index in [1.54, 1.807) is 0 Å². The first-order valence-electron chi connectivity index (χ1n) is 25.8. The minimum absolute atomic E-state index is 0.0292. The average Bonchev–Trinajstić information content (AvgIpc) is 4.01. The zero-order valence-electron chi connectivity index (χ0n) is 42.5. The number of hydrogen-bond donors (Lipinski definition) is 0. The average molecular weight is 923 g/mol. The highest BCUT2D eigenvalue weighted by atomic mass is 32.1. The van der Waals surface area contributed by atoms with E-state index in [-0.39, 0.29) is 33.9 Å². The molecule has 0 atom stereocenters. The molecule has 342 valence electrons. The van der Waals surface area contributed by atoms with E-state index >= 15 is 0 Å². The molecule has 5 aliphatic rings. The molecule has 0 N–H and O–H groups in total. The highest BCUT2D eigenvalue weighted by Gasteiger charge is 2.51. The van der Waals surface area contributed by atoms with E-state index in [1.807, 2.05) is 11.3 Å². The SMILES string of the molecule is CC(C)(C)c1ccc(N2B3c4cc5sc6ccccc6c5cc4-n4c5cc6c(cc5c5c7c(c(c3c54)-c3cc4c(cc32)-c2ccccc2C4(C)C)-c2ccccc2C7(C)C)C(C)(C)CCC6(C)C)cc1. The highest BCUT2D eigenvalue weighted by molar-refractivity contribution is 7.26. The van der Waals surface area contributed by atoms with E-state index in [9.17, 15) is 0 Å². The Bertz CT molecular complexity index is 4050. The summed E-state index contributed by atoms with van der Waals surface area (Å²) in [5.41, 5.74) is 27.6. The first-order valence-corrected chi connectivity index (χ1v) is 26.7. The van der Waals surface area contributed by atoms with E-state index < -0.39 is 0 Å². The second-order valence-corrected chi connectivity index (χ2v) is 26.2.